The van der Waals surface area contributed by atoms with E-state index in [4.69, 9.17) is 14.2 Å². The van der Waals surface area contributed by atoms with Crippen molar-refractivity contribution in [3.8, 4) is 29.1 Å². The Balaban J connectivity index is 1.25. The second-order valence-electron chi connectivity index (χ2n) is 19.0. The summed E-state index contributed by atoms with van der Waals surface area (Å²) in [5.74, 6) is 8.16. The molecular formula is C49H76O4Si3. The van der Waals surface area contributed by atoms with Crippen molar-refractivity contribution in [3.63, 3.8) is 0 Å². The largest absolute Gasteiger partial charge is 0.494 e. The van der Waals surface area contributed by atoms with Crippen LogP contribution in [0.4, 0.5) is 0 Å². The summed E-state index contributed by atoms with van der Waals surface area (Å²) in [5.41, 5.74) is 5.45. The van der Waals surface area contributed by atoms with Gasteiger partial charge >= 0.3 is 5.97 Å². The Morgan fingerprint density at radius 1 is 0.571 bits per heavy atom. The van der Waals surface area contributed by atoms with Crippen molar-refractivity contribution in [1.82, 2.24) is 0 Å². The molecule has 4 nitrogen and oxygen atoms in total. The molecule has 0 aliphatic heterocycles. The van der Waals surface area contributed by atoms with Crippen LogP contribution in [-0.2, 0) is 0 Å². The summed E-state index contributed by atoms with van der Waals surface area (Å²) in [6.07, 6.45) is 18.2. The Hall–Kier alpha value is -3.06. The van der Waals surface area contributed by atoms with Crippen LogP contribution in [0.3, 0.4) is 0 Å². The highest BCUT2D eigenvalue weighted by Gasteiger charge is 2.35. The van der Waals surface area contributed by atoms with Gasteiger partial charge < -0.3 is 14.2 Å². The van der Waals surface area contributed by atoms with Crippen LogP contribution >= 0.6 is 0 Å². The van der Waals surface area contributed by atoms with Crippen molar-refractivity contribution < 1.29 is 19.0 Å². The van der Waals surface area contributed by atoms with Gasteiger partial charge in [0, 0.05) is 35.3 Å². The van der Waals surface area contributed by atoms with E-state index in [9.17, 15) is 4.79 Å². The number of ether oxygens (including phenoxy) is 3. The number of carbonyl (C=O) groups is 1. The molecule has 0 fully saturated rings. The maximum absolute atomic E-state index is 12.8. The third-order valence-electron chi connectivity index (χ3n) is 10.4. The molecule has 3 aromatic rings. The lowest BCUT2D eigenvalue weighted by atomic mass is 10.1. The van der Waals surface area contributed by atoms with Gasteiger partial charge in [0.25, 0.3) is 0 Å². The van der Waals surface area contributed by atoms with Gasteiger partial charge in [0.1, 0.15) is 17.2 Å². The summed E-state index contributed by atoms with van der Waals surface area (Å²) in [5, 5.41) is 0. The zero-order chi connectivity index (χ0) is 40.9. The summed E-state index contributed by atoms with van der Waals surface area (Å²) in [6.45, 7) is 23.4. The van der Waals surface area contributed by atoms with Gasteiger partial charge in [-0.15, -0.1) is 0 Å². The van der Waals surface area contributed by atoms with Gasteiger partial charge in [-0.05, 0) is 99.0 Å². The molecule has 0 N–H and O–H groups in total. The SMILES string of the molecule is CCCCCC[C@H](C)Oc1ccc(C#Cc2ccc(C(=O)Oc3ccc(OCCCCCCCCCCC[Si](C)(C)C[Si](C)(C)C[Si](C)(C)C)cc3)cc2)cc1. The fraction of sp³-hybridized carbons (Fsp3) is 0.571. The van der Waals surface area contributed by atoms with Crippen molar-refractivity contribution in [2.24, 2.45) is 0 Å². The van der Waals surface area contributed by atoms with Crippen LogP contribution in [0.25, 0.3) is 0 Å². The summed E-state index contributed by atoms with van der Waals surface area (Å²) in [6, 6.07) is 24.0. The summed E-state index contributed by atoms with van der Waals surface area (Å²) in [7, 11) is -3.03. The van der Waals surface area contributed by atoms with E-state index in [1.807, 2.05) is 48.5 Å². The number of unbranched alkanes of at least 4 members (excludes halogenated alkanes) is 11. The third kappa shape index (κ3) is 20.9. The molecular weight excluding hydrogens is 737 g/mol. The third-order valence-corrected chi connectivity index (χ3v) is 27.8. The molecule has 0 bridgehead atoms. The van der Waals surface area contributed by atoms with E-state index in [2.05, 4.69) is 71.5 Å². The monoisotopic (exact) mass is 813 g/mol. The molecule has 7 heteroatoms. The van der Waals surface area contributed by atoms with Crippen molar-refractivity contribution >= 4 is 30.2 Å². The van der Waals surface area contributed by atoms with Gasteiger partial charge in [0.2, 0.25) is 0 Å². The Labute approximate surface area is 346 Å². The second-order valence-corrected chi connectivity index (χ2v) is 36.1. The van der Waals surface area contributed by atoms with Gasteiger partial charge in [-0.1, -0.05) is 153 Å². The van der Waals surface area contributed by atoms with E-state index in [1.165, 1.54) is 83.1 Å². The highest BCUT2D eigenvalue weighted by atomic mass is 28.4. The van der Waals surface area contributed by atoms with Crippen molar-refractivity contribution in [2.75, 3.05) is 6.61 Å². The van der Waals surface area contributed by atoms with E-state index >= 15 is 0 Å². The highest BCUT2D eigenvalue weighted by molar-refractivity contribution is 7.02. The second kappa shape index (κ2) is 24.7. The maximum Gasteiger partial charge on any atom is 0.343 e. The molecule has 0 saturated heterocycles. The van der Waals surface area contributed by atoms with E-state index in [-0.39, 0.29) is 6.10 Å². The maximum atomic E-state index is 12.8. The molecule has 0 unspecified atom stereocenters. The fourth-order valence-corrected chi connectivity index (χ4v) is 33.8. The van der Waals surface area contributed by atoms with Gasteiger partial charge in [-0.3, -0.25) is 0 Å². The topological polar surface area (TPSA) is 44.8 Å². The van der Waals surface area contributed by atoms with Gasteiger partial charge in [0.15, 0.2) is 0 Å². The first-order valence-corrected chi connectivity index (χ1v) is 32.5. The van der Waals surface area contributed by atoms with Gasteiger partial charge in [-0.2, -0.15) is 0 Å². The zero-order valence-electron chi connectivity index (χ0n) is 36.9. The molecule has 3 rings (SSSR count). The van der Waals surface area contributed by atoms with Crippen molar-refractivity contribution in [3.05, 3.63) is 89.5 Å². The van der Waals surface area contributed by atoms with Crippen LogP contribution in [-0.4, -0.2) is 42.9 Å². The standard InChI is InChI=1S/C49H76O4Si3/c1-10-11-12-20-23-42(2)52-47-32-28-44(29-33-47)25-24-43-26-30-45(31-27-43)49(50)53-48-36-34-46(35-37-48)51-38-21-18-16-14-13-15-17-19-22-39-55(6,7)41-56(8,9)40-54(3,4)5/h26-37,42H,10-23,38-41H2,1-9H3/t42-/m0/s1. The summed E-state index contributed by atoms with van der Waals surface area (Å²) >= 11 is 0. The Kier molecular flexibility index (Phi) is 20.8. The molecule has 0 saturated carbocycles. The molecule has 0 heterocycles. The molecule has 1 atom stereocenters. The van der Waals surface area contributed by atoms with Crippen LogP contribution in [0.1, 0.15) is 125 Å². The summed E-state index contributed by atoms with van der Waals surface area (Å²) in [4.78, 5) is 12.8. The normalized spacial score (nSPS) is 12.4. The number of hydrogen-bond acceptors (Lipinski definition) is 4. The van der Waals surface area contributed by atoms with Gasteiger partial charge in [-0.25, -0.2) is 4.79 Å². The van der Waals surface area contributed by atoms with Crippen LogP contribution in [0, 0.1) is 11.8 Å². The first kappa shape index (κ1) is 47.3. The lowest BCUT2D eigenvalue weighted by Crippen LogP contribution is -2.44. The van der Waals surface area contributed by atoms with E-state index < -0.39 is 30.2 Å². The lowest BCUT2D eigenvalue weighted by molar-refractivity contribution is 0.0734. The minimum absolute atomic E-state index is 0.208. The van der Waals surface area contributed by atoms with Crippen molar-refractivity contribution in [1.29, 1.82) is 0 Å². The molecule has 308 valence electrons. The van der Waals surface area contributed by atoms with Crippen LogP contribution in [0.5, 0.6) is 17.2 Å². The number of rotatable bonds is 26. The van der Waals surface area contributed by atoms with Crippen molar-refractivity contribution in [2.45, 2.75) is 173 Å². The lowest BCUT2D eigenvalue weighted by Gasteiger charge is -2.36. The highest BCUT2D eigenvalue weighted by Crippen LogP contribution is 2.31. The number of benzene rings is 3. The average molecular weight is 813 g/mol. The smallest absolute Gasteiger partial charge is 0.343 e. The van der Waals surface area contributed by atoms with Gasteiger partial charge in [0.05, 0.1) is 18.3 Å². The molecule has 0 aliphatic carbocycles. The Bertz CT molecular complexity index is 1600. The quantitative estimate of drug-likeness (QED) is 0.0266. The van der Waals surface area contributed by atoms with Crippen LogP contribution in [0.15, 0.2) is 72.8 Å². The molecule has 0 amide bonds. The van der Waals surface area contributed by atoms with E-state index in [0.717, 1.165) is 35.5 Å². The zero-order valence-corrected chi connectivity index (χ0v) is 39.9. The first-order valence-electron chi connectivity index (χ1n) is 22.0. The van der Waals surface area contributed by atoms with E-state index in [0.29, 0.717) is 17.9 Å². The minimum atomic E-state index is -1.05. The fourth-order valence-electron chi connectivity index (χ4n) is 8.39. The van der Waals surface area contributed by atoms with E-state index in [1.54, 1.807) is 35.6 Å². The predicted molar refractivity (Wildman–Crippen MR) is 249 cm³/mol. The molecule has 0 aliphatic rings. The predicted octanol–water partition coefficient (Wildman–Crippen LogP) is 14.8. The average Bonchev–Trinajstić information content (AvgIpc) is 3.13. The summed E-state index contributed by atoms with van der Waals surface area (Å²) < 4.78 is 17.6. The molecule has 0 aromatic heterocycles. The number of hydrogen-bond donors (Lipinski definition) is 0. The molecule has 3 aromatic carbocycles. The number of esters is 1. The molecule has 0 spiro atoms. The minimum Gasteiger partial charge on any atom is -0.494 e. The Morgan fingerprint density at radius 2 is 1.07 bits per heavy atom. The van der Waals surface area contributed by atoms with Crippen LogP contribution in [0.2, 0.25) is 63.2 Å². The molecule has 0 radical (unpaired) electrons. The first-order chi connectivity index (χ1) is 26.6. The molecule has 56 heavy (non-hydrogen) atoms. The van der Waals surface area contributed by atoms with Crippen LogP contribution < -0.4 is 14.2 Å². The number of carbonyl (C=O) groups excluding carboxylic acids is 1. The Morgan fingerprint density at radius 3 is 1.64 bits per heavy atom.